The van der Waals surface area contributed by atoms with Crippen LogP contribution in [0.3, 0.4) is 0 Å². The molecule has 0 saturated carbocycles. The van der Waals surface area contributed by atoms with Gasteiger partial charge in [0.1, 0.15) is 17.0 Å². The number of benzene rings is 3. The molecular formula is C19H13NO2. The van der Waals surface area contributed by atoms with Crippen LogP contribution in [0.25, 0.3) is 22.2 Å². The van der Waals surface area contributed by atoms with Gasteiger partial charge < -0.3 is 9.26 Å². The number of nitrogens with zero attached hydrogens (tertiary/aromatic N) is 1. The molecule has 22 heavy (non-hydrogen) atoms. The summed E-state index contributed by atoms with van der Waals surface area (Å²) in [5.74, 6) is 2.33. The monoisotopic (exact) mass is 287 g/mol. The lowest BCUT2D eigenvalue weighted by atomic mass is 10.1. The van der Waals surface area contributed by atoms with Gasteiger partial charge in [0, 0.05) is 5.56 Å². The number of hydrogen-bond acceptors (Lipinski definition) is 3. The predicted octanol–water partition coefficient (Wildman–Crippen LogP) is 5.29. The van der Waals surface area contributed by atoms with Crippen molar-refractivity contribution in [3.8, 4) is 22.8 Å². The minimum Gasteiger partial charge on any atom is -0.457 e. The molecule has 0 N–H and O–H groups in total. The van der Waals surface area contributed by atoms with Gasteiger partial charge in [0.25, 0.3) is 0 Å². The molecule has 0 spiro atoms. The van der Waals surface area contributed by atoms with Crippen molar-refractivity contribution in [1.29, 1.82) is 0 Å². The maximum atomic E-state index is 5.88. The van der Waals surface area contributed by atoms with Crippen LogP contribution >= 0.6 is 0 Å². The van der Waals surface area contributed by atoms with Gasteiger partial charge >= 0.3 is 0 Å². The first-order chi connectivity index (χ1) is 10.9. The van der Waals surface area contributed by atoms with E-state index in [0.717, 1.165) is 33.7 Å². The zero-order chi connectivity index (χ0) is 14.8. The van der Waals surface area contributed by atoms with Gasteiger partial charge in [0.2, 0.25) is 0 Å². The van der Waals surface area contributed by atoms with E-state index in [4.69, 9.17) is 9.26 Å². The van der Waals surface area contributed by atoms with Crippen LogP contribution in [0.1, 0.15) is 0 Å². The van der Waals surface area contributed by atoms with Crippen molar-refractivity contribution in [2.75, 3.05) is 0 Å². The zero-order valence-corrected chi connectivity index (χ0v) is 11.8. The number of rotatable bonds is 3. The van der Waals surface area contributed by atoms with E-state index in [1.54, 1.807) is 0 Å². The molecule has 4 aromatic rings. The Bertz CT molecular complexity index is 899. The Hall–Kier alpha value is -3.07. The fourth-order valence-electron chi connectivity index (χ4n) is 2.41. The molecule has 3 nitrogen and oxygen atoms in total. The standard InChI is InChI=1S/C19H13NO2/c1-3-7-14(8-4-1)19-17-13-16(11-12-18(17)20-22-19)21-15-9-5-2-6-10-15/h1-13H. The molecule has 0 bridgehead atoms. The van der Waals surface area contributed by atoms with Crippen molar-refractivity contribution in [3.63, 3.8) is 0 Å². The molecule has 0 amide bonds. The molecule has 0 unspecified atom stereocenters. The summed E-state index contributed by atoms with van der Waals surface area (Å²) in [6, 6.07) is 25.4. The molecule has 0 atom stereocenters. The Morgan fingerprint density at radius 3 is 2.23 bits per heavy atom. The third kappa shape index (κ3) is 2.33. The Morgan fingerprint density at radius 2 is 1.45 bits per heavy atom. The predicted molar refractivity (Wildman–Crippen MR) is 86.0 cm³/mol. The number of hydrogen-bond donors (Lipinski definition) is 0. The van der Waals surface area contributed by atoms with Gasteiger partial charge in [-0.1, -0.05) is 53.7 Å². The Labute approximate surface area is 127 Å². The summed E-state index contributed by atoms with van der Waals surface area (Å²) in [6.45, 7) is 0. The number of para-hydroxylation sites is 1. The normalized spacial score (nSPS) is 10.7. The summed E-state index contributed by atoms with van der Waals surface area (Å²) in [6.07, 6.45) is 0. The number of fused-ring (bicyclic) bond motifs is 1. The molecule has 0 saturated heterocycles. The highest BCUT2D eigenvalue weighted by molar-refractivity contribution is 5.92. The fourth-order valence-corrected chi connectivity index (χ4v) is 2.41. The molecule has 0 aliphatic heterocycles. The van der Waals surface area contributed by atoms with Crippen LogP contribution in [0.5, 0.6) is 11.5 Å². The van der Waals surface area contributed by atoms with Gasteiger partial charge in [-0.25, -0.2) is 0 Å². The Kier molecular flexibility index (Phi) is 3.09. The van der Waals surface area contributed by atoms with Crippen LogP contribution in [0.4, 0.5) is 0 Å². The van der Waals surface area contributed by atoms with E-state index in [0.29, 0.717) is 0 Å². The molecule has 106 valence electrons. The highest BCUT2D eigenvalue weighted by atomic mass is 16.5. The molecule has 1 heterocycles. The van der Waals surface area contributed by atoms with Crippen molar-refractivity contribution in [3.05, 3.63) is 78.9 Å². The van der Waals surface area contributed by atoms with Crippen LogP contribution in [-0.2, 0) is 0 Å². The third-order valence-electron chi connectivity index (χ3n) is 3.46. The summed E-state index contributed by atoms with van der Waals surface area (Å²) in [5.41, 5.74) is 1.82. The first-order valence-electron chi connectivity index (χ1n) is 7.08. The van der Waals surface area contributed by atoms with Gasteiger partial charge in [0.05, 0.1) is 5.39 Å². The van der Waals surface area contributed by atoms with E-state index in [2.05, 4.69) is 5.16 Å². The minimum absolute atomic E-state index is 0.758. The smallest absolute Gasteiger partial charge is 0.174 e. The Morgan fingerprint density at radius 1 is 0.727 bits per heavy atom. The molecule has 1 aromatic heterocycles. The lowest BCUT2D eigenvalue weighted by molar-refractivity contribution is 0.441. The summed E-state index contributed by atoms with van der Waals surface area (Å²) in [5, 5.41) is 5.06. The average molecular weight is 287 g/mol. The lowest BCUT2D eigenvalue weighted by Gasteiger charge is -2.05. The van der Waals surface area contributed by atoms with Gasteiger partial charge in [-0.2, -0.15) is 0 Å². The summed E-state index contributed by atoms with van der Waals surface area (Å²) >= 11 is 0. The van der Waals surface area contributed by atoms with E-state index in [9.17, 15) is 0 Å². The fraction of sp³-hybridized carbons (Fsp3) is 0. The maximum absolute atomic E-state index is 5.88. The second-order valence-electron chi connectivity index (χ2n) is 4.97. The quantitative estimate of drug-likeness (QED) is 0.513. The van der Waals surface area contributed by atoms with Crippen LogP contribution in [-0.4, -0.2) is 5.16 Å². The highest BCUT2D eigenvalue weighted by Crippen LogP contribution is 2.32. The molecular weight excluding hydrogens is 274 g/mol. The highest BCUT2D eigenvalue weighted by Gasteiger charge is 2.11. The van der Waals surface area contributed by atoms with Gasteiger partial charge in [-0.3, -0.25) is 0 Å². The van der Waals surface area contributed by atoms with Crippen LogP contribution in [0.2, 0.25) is 0 Å². The molecule has 0 aliphatic rings. The third-order valence-corrected chi connectivity index (χ3v) is 3.46. The molecule has 0 aliphatic carbocycles. The molecule has 4 rings (SSSR count). The van der Waals surface area contributed by atoms with E-state index in [1.807, 2.05) is 78.9 Å². The molecule has 0 radical (unpaired) electrons. The first-order valence-corrected chi connectivity index (χ1v) is 7.08. The van der Waals surface area contributed by atoms with E-state index in [-0.39, 0.29) is 0 Å². The summed E-state index contributed by atoms with van der Waals surface area (Å²) in [7, 11) is 0. The Balaban J connectivity index is 1.77. The van der Waals surface area contributed by atoms with Crippen molar-refractivity contribution in [2.45, 2.75) is 0 Å². The number of ether oxygens (including phenoxy) is 1. The van der Waals surface area contributed by atoms with Crippen molar-refractivity contribution in [1.82, 2.24) is 5.16 Å². The molecule has 0 fully saturated rings. The van der Waals surface area contributed by atoms with Crippen LogP contribution in [0.15, 0.2) is 83.4 Å². The minimum atomic E-state index is 0.758. The van der Waals surface area contributed by atoms with Crippen molar-refractivity contribution in [2.24, 2.45) is 0 Å². The number of aromatic nitrogens is 1. The average Bonchev–Trinajstić information content (AvgIpc) is 3.00. The maximum Gasteiger partial charge on any atom is 0.174 e. The first kappa shape index (κ1) is 12.7. The lowest BCUT2D eigenvalue weighted by Crippen LogP contribution is -1.83. The largest absolute Gasteiger partial charge is 0.457 e. The van der Waals surface area contributed by atoms with E-state index in [1.165, 1.54) is 0 Å². The van der Waals surface area contributed by atoms with Crippen molar-refractivity contribution < 1.29 is 9.26 Å². The van der Waals surface area contributed by atoms with Crippen LogP contribution in [0, 0.1) is 0 Å². The SMILES string of the molecule is c1ccc(Oc2ccc3noc(-c4ccccc4)c3c2)cc1. The van der Waals surface area contributed by atoms with Gasteiger partial charge in [-0.05, 0) is 30.3 Å². The van der Waals surface area contributed by atoms with Gasteiger partial charge in [0.15, 0.2) is 5.76 Å². The topological polar surface area (TPSA) is 35.3 Å². The molecule has 3 aromatic carbocycles. The molecule has 3 heteroatoms. The second kappa shape index (κ2) is 5.37. The summed E-state index contributed by atoms with van der Waals surface area (Å²) in [4.78, 5) is 0. The zero-order valence-electron chi connectivity index (χ0n) is 11.8. The second-order valence-corrected chi connectivity index (χ2v) is 4.97. The summed E-state index contributed by atoms with van der Waals surface area (Å²) < 4.78 is 11.4. The van der Waals surface area contributed by atoms with Crippen LogP contribution < -0.4 is 4.74 Å². The van der Waals surface area contributed by atoms with Gasteiger partial charge in [-0.15, -0.1) is 0 Å². The van der Waals surface area contributed by atoms with Crippen molar-refractivity contribution >= 4 is 10.9 Å². The van der Waals surface area contributed by atoms with E-state index < -0.39 is 0 Å². The van der Waals surface area contributed by atoms with E-state index >= 15 is 0 Å².